The van der Waals surface area contributed by atoms with Gasteiger partial charge in [0, 0.05) is 10.1 Å². The van der Waals surface area contributed by atoms with Crippen molar-refractivity contribution in [2.24, 2.45) is 0 Å². The Bertz CT molecular complexity index is 1010. The highest BCUT2D eigenvalue weighted by atomic mass is 127. The zero-order chi connectivity index (χ0) is 19.8. The van der Waals surface area contributed by atoms with Crippen LogP contribution in [0, 0.1) is 3.57 Å². The fourth-order valence-electron chi connectivity index (χ4n) is 3.14. The molecular formula is C17H17ClIN5O3S. The summed E-state index contributed by atoms with van der Waals surface area (Å²) in [6.45, 7) is 0.308. The number of benzene rings is 1. The Balaban J connectivity index is 1.65. The molecule has 8 nitrogen and oxygen atoms in total. The predicted molar refractivity (Wildman–Crippen MR) is 116 cm³/mol. The van der Waals surface area contributed by atoms with Crippen LogP contribution in [0.2, 0.25) is 5.28 Å². The van der Waals surface area contributed by atoms with Crippen molar-refractivity contribution in [3.05, 3.63) is 45.0 Å². The van der Waals surface area contributed by atoms with Crippen molar-refractivity contribution >= 4 is 62.9 Å². The molecule has 1 saturated heterocycles. The summed E-state index contributed by atoms with van der Waals surface area (Å²) in [5, 5.41) is 32.2. The van der Waals surface area contributed by atoms with Crippen LogP contribution >= 0.6 is 46.0 Å². The van der Waals surface area contributed by atoms with Crippen molar-refractivity contribution in [2.45, 2.75) is 29.4 Å². The van der Waals surface area contributed by atoms with E-state index >= 15 is 0 Å². The number of anilines is 1. The summed E-state index contributed by atoms with van der Waals surface area (Å²) < 4.78 is 2.80. The Morgan fingerprint density at radius 3 is 2.79 bits per heavy atom. The van der Waals surface area contributed by atoms with Crippen LogP contribution in [-0.4, -0.2) is 58.9 Å². The highest BCUT2D eigenvalue weighted by Crippen LogP contribution is 2.43. The van der Waals surface area contributed by atoms with E-state index in [0.29, 0.717) is 23.5 Å². The molecule has 1 aromatic carbocycles. The lowest BCUT2D eigenvalue weighted by atomic mass is 10.1. The normalized spacial score (nSPS) is 24.8. The molecule has 4 atom stereocenters. The smallest absolute Gasteiger partial charge is 0.226 e. The second kappa shape index (κ2) is 8.28. The average Bonchev–Trinajstić information content (AvgIpc) is 3.21. The van der Waals surface area contributed by atoms with Crippen molar-refractivity contribution in [3.63, 3.8) is 0 Å². The standard InChI is InChI=1S/C17H17ClIN5O3S/c18-17-22-14(20-5-8-2-1-3-9(19)4-8)11-15(23-17)24(7-21-11)16-13(27)12(26)10(6-25)28-16/h1-4,7,10,12-13,16,25-27H,5-6H2,(H,20,22,23). The maximum atomic E-state index is 10.4. The third kappa shape index (κ3) is 3.81. The molecule has 4 rings (SSSR count). The molecule has 4 unspecified atom stereocenters. The first-order valence-corrected chi connectivity index (χ1v) is 10.9. The number of imidazole rings is 1. The Morgan fingerprint density at radius 2 is 2.07 bits per heavy atom. The van der Waals surface area contributed by atoms with E-state index in [-0.39, 0.29) is 11.9 Å². The Hall–Kier alpha value is -1.18. The van der Waals surface area contributed by atoms with Gasteiger partial charge >= 0.3 is 0 Å². The molecule has 1 fully saturated rings. The molecule has 0 radical (unpaired) electrons. The molecule has 3 aromatic rings. The number of nitrogens with one attached hydrogen (secondary N) is 1. The van der Waals surface area contributed by atoms with Gasteiger partial charge in [-0.3, -0.25) is 4.57 Å². The molecule has 148 valence electrons. The SMILES string of the molecule is OCC1SC(n2cnc3c(NCc4cccc(I)c4)nc(Cl)nc32)C(O)C1O. The Labute approximate surface area is 183 Å². The fourth-order valence-corrected chi connectivity index (χ4v) is 5.29. The van der Waals surface area contributed by atoms with Crippen molar-refractivity contribution in [1.29, 1.82) is 0 Å². The molecule has 2 aromatic heterocycles. The van der Waals surface area contributed by atoms with Crippen molar-refractivity contribution in [3.8, 4) is 0 Å². The van der Waals surface area contributed by atoms with Gasteiger partial charge in [-0.1, -0.05) is 12.1 Å². The molecule has 0 spiro atoms. The molecule has 0 saturated carbocycles. The van der Waals surface area contributed by atoms with Crippen LogP contribution in [-0.2, 0) is 6.54 Å². The van der Waals surface area contributed by atoms with Crippen LogP contribution in [0.5, 0.6) is 0 Å². The summed E-state index contributed by atoms with van der Waals surface area (Å²) in [7, 11) is 0. The maximum Gasteiger partial charge on any atom is 0.226 e. The summed E-state index contributed by atoms with van der Waals surface area (Å²) >= 11 is 9.65. The maximum absolute atomic E-state index is 10.4. The average molecular weight is 534 g/mol. The van der Waals surface area contributed by atoms with Gasteiger partial charge in [-0.2, -0.15) is 9.97 Å². The summed E-state index contributed by atoms with van der Waals surface area (Å²) in [5.41, 5.74) is 2.06. The van der Waals surface area contributed by atoms with Crippen molar-refractivity contribution < 1.29 is 15.3 Å². The van der Waals surface area contributed by atoms with Gasteiger partial charge in [-0.25, -0.2) is 4.98 Å². The zero-order valence-electron chi connectivity index (χ0n) is 14.4. The third-order valence-corrected chi connectivity index (χ3v) is 6.94. The van der Waals surface area contributed by atoms with Crippen LogP contribution in [0.15, 0.2) is 30.6 Å². The van der Waals surface area contributed by atoms with Crippen LogP contribution < -0.4 is 5.32 Å². The minimum absolute atomic E-state index is 0.0520. The number of aliphatic hydroxyl groups is 3. The zero-order valence-corrected chi connectivity index (χ0v) is 18.1. The van der Waals surface area contributed by atoms with E-state index in [4.69, 9.17) is 11.6 Å². The first-order valence-electron chi connectivity index (χ1n) is 8.48. The number of aliphatic hydroxyl groups excluding tert-OH is 3. The molecule has 0 aliphatic carbocycles. The molecule has 1 aliphatic heterocycles. The van der Waals surface area contributed by atoms with E-state index in [1.165, 1.54) is 11.8 Å². The highest BCUT2D eigenvalue weighted by Gasteiger charge is 2.43. The van der Waals surface area contributed by atoms with E-state index in [2.05, 4.69) is 48.9 Å². The number of aromatic nitrogens is 4. The summed E-state index contributed by atoms with van der Waals surface area (Å²) in [6.07, 6.45) is -0.552. The van der Waals surface area contributed by atoms with E-state index in [1.807, 2.05) is 18.2 Å². The van der Waals surface area contributed by atoms with E-state index < -0.39 is 22.8 Å². The Morgan fingerprint density at radius 1 is 1.25 bits per heavy atom. The molecule has 11 heteroatoms. The van der Waals surface area contributed by atoms with Gasteiger partial charge < -0.3 is 20.6 Å². The second-order valence-corrected chi connectivity index (χ2v) is 9.32. The van der Waals surface area contributed by atoms with Crippen LogP contribution in [0.1, 0.15) is 10.9 Å². The number of hydrogen-bond acceptors (Lipinski definition) is 8. The molecule has 0 amide bonds. The van der Waals surface area contributed by atoms with Crippen molar-refractivity contribution in [2.75, 3.05) is 11.9 Å². The number of rotatable bonds is 5. The topological polar surface area (TPSA) is 116 Å². The third-order valence-electron chi connectivity index (χ3n) is 4.53. The van der Waals surface area contributed by atoms with Crippen LogP contribution in [0.4, 0.5) is 5.82 Å². The van der Waals surface area contributed by atoms with Gasteiger partial charge in [-0.05, 0) is 51.9 Å². The van der Waals surface area contributed by atoms with Gasteiger partial charge in [0.05, 0.1) is 24.3 Å². The first-order chi connectivity index (χ1) is 13.5. The lowest BCUT2D eigenvalue weighted by molar-refractivity contribution is 0.0113. The summed E-state index contributed by atoms with van der Waals surface area (Å²) in [5.74, 6) is 0.490. The van der Waals surface area contributed by atoms with E-state index in [9.17, 15) is 15.3 Å². The first kappa shape index (κ1) is 20.1. The predicted octanol–water partition coefficient (Wildman–Crippen LogP) is 2.02. The van der Waals surface area contributed by atoms with E-state index in [1.54, 1.807) is 10.9 Å². The molecule has 28 heavy (non-hydrogen) atoms. The number of halogens is 2. The molecular weight excluding hydrogens is 517 g/mol. The lowest BCUT2D eigenvalue weighted by Crippen LogP contribution is -2.32. The van der Waals surface area contributed by atoms with Gasteiger partial charge in [0.15, 0.2) is 17.0 Å². The van der Waals surface area contributed by atoms with Crippen LogP contribution in [0.25, 0.3) is 11.2 Å². The highest BCUT2D eigenvalue weighted by molar-refractivity contribution is 14.1. The number of thioether (sulfide) groups is 1. The monoisotopic (exact) mass is 533 g/mol. The minimum Gasteiger partial charge on any atom is -0.395 e. The molecule has 4 N–H and O–H groups in total. The van der Waals surface area contributed by atoms with Gasteiger partial charge in [0.2, 0.25) is 5.28 Å². The molecule has 3 heterocycles. The minimum atomic E-state index is -1.06. The largest absolute Gasteiger partial charge is 0.395 e. The number of hydrogen-bond donors (Lipinski definition) is 4. The Kier molecular flexibility index (Phi) is 5.95. The lowest BCUT2D eigenvalue weighted by Gasteiger charge is -2.17. The summed E-state index contributed by atoms with van der Waals surface area (Å²) in [6, 6.07) is 8.07. The quantitative estimate of drug-likeness (QED) is 0.291. The van der Waals surface area contributed by atoms with Gasteiger partial charge in [-0.15, -0.1) is 11.8 Å². The van der Waals surface area contributed by atoms with Gasteiger partial charge in [0.25, 0.3) is 0 Å². The summed E-state index contributed by atoms with van der Waals surface area (Å²) in [4.78, 5) is 12.9. The number of fused-ring (bicyclic) bond motifs is 1. The molecule has 0 bridgehead atoms. The van der Waals surface area contributed by atoms with Crippen LogP contribution in [0.3, 0.4) is 0 Å². The fraction of sp³-hybridized carbons (Fsp3) is 0.353. The molecule has 1 aliphatic rings. The second-order valence-electron chi connectivity index (χ2n) is 6.38. The van der Waals surface area contributed by atoms with Crippen molar-refractivity contribution in [1.82, 2.24) is 19.5 Å². The number of nitrogens with zero attached hydrogens (tertiary/aromatic N) is 4. The van der Waals surface area contributed by atoms with Gasteiger partial charge in [0.1, 0.15) is 11.5 Å². The van der Waals surface area contributed by atoms with E-state index in [0.717, 1.165) is 9.13 Å².